The zero-order chi connectivity index (χ0) is 11.8. The number of rotatable bonds is 9. The van der Waals surface area contributed by atoms with Gasteiger partial charge < -0.3 is 15.0 Å². The monoisotopic (exact) mass is 226 g/mol. The second kappa shape index (κ2) is 7.41. The third-order valence-electron chi connectivity index (χ3n) is 2.61. The number of hydrogen-bond donors (Lipinski definition) is 1. The van der Waals surface area contributed by atoms with E-state index in [0.717, 1.165) is 12.5 Å². The van der Waals surface area contributed by atoms with Crippen LogP contribution in [-0.4, -0.2) is 50.7 Å². The zero-order valence-corrected chi connectivity index (χ0v) is 10.1. The molecular formula is C12H22N2O2. The minimum absolute atomic E-state index is 0.0943. The topological polar surface area (TPSA) is 41.6 Å². The Morgan fingerprint density at radius 3 is 3.00 bits per heavy atom. The van der Waals surface area contributed by atoms with Crippen LogP contribution in [0.4, 0.5) is 0 Å². The molecule has 0 aromatic rings. The van der Waals surface area contributed by atoms with Gasteiger partial charge in [-0.2, -0.15) is 0 Å². The van der Waals surface area contributed by atoms with Crippen LogP contribution in [0.5, 0.6) is 0 Å². The van der Waals surface area contributed by atoms with Gasteiger partial charge in [-0.05, 0) is 18.8 Å². The minimum Gasteiger partial charge on any atom is -0.379 e. The number of amides is 1. The number of nitrogens with one attached hydrogen (secondary N) is 1. The van der Waals surface area contributed by atoms with Crippen LogP contribution in [0, 0.1) is 5.92 Å². The lowest BCUT2D eigenvalue weighted by atomic mass is 10.4. The van der Waals surface area contributed by atoms with Gasteiger partial charge in [0.2, 0.25) is 5.91 Å². The Morgan fingerprint density at radius 2 is 2.38 bits per heavy atom. The molecule has 1 aliphatic carbocycles. The molecule has 0 unspecified atom stereocenters. The van der Waals surface area contributed by atoms with Crippen molar-refractivity contribution in [2.24, 2.45) is 5.92 Å². The molecule has 1 saturated carbocycles. The van der Waals surface area contributed by atoms with Gasteiger partial charge in [-0.3, -0.25) is 4.79 Å². The van der Waals surface area contributed by atoms with Crippen LogP contribution in [-0.2, 0) is 9.53 Å². The number of likely N-dealkylation sites (N-methyl/N-ethyl adjacent to an activating group) is 1. The Hall–Kier alpha value is -0.870. The minimum atomic E-state index is 0.0943. The summed E-state index contributed by atoms with van der Waals surface area (Å²) < 4.78 is 5.47. The third kappa shape index (κ3) is 5.88. The summed E-state index contributed by atoms with van der Waals surface area (Å²) in [4.78, 5) is 13.2. The number of carbonyl (C=O) groups excluding carboxylic acids is 1. The number of carbonyl (C=O) groups is 1. The van der Waals surface area contributed by atoms with Crippen LogP contribution in [0.1, 0.15) is 12.8 Å². The Balaban J connectivity index is 1.96. The van der Waals surface area contributed by atoms with Crippen molar-refractivity contribution in [2.75, 3.05) is 39.9 Å². The van der Waals surface area contributed by atoms with Crippen molar-refractivity contribution < 1.29 is 9.53 Å². The molecule has 0 aromatic carbocycles. The molecule has 0 bridgehead atoms. The van der Waals surface area contributed by atoms with Crippen molar-refractivity contribution in [1.82, 2.24) is 10.2 Å². The molecular weight excluding hydrogens is 204 g/mol. The van der Waals surface area contributed by atoms with E-state index in [0.29, 0.717) is 26.2 Å². The molecule has 92 valence electrons. The number of ether oxygens (including phenoxy) is 1. The molecule has 16 heavy (non-hydrogen) atoms. The maximum Gasteiger partial charge on any atom is 0.236 e. The first-order chi connectivity index (χ1) is 7.74. The van der Waals surface area contributed by atoms with Crippen LogP contribution >= 0.6 is 0 Å². The molecule has 0 radical (unpaired) electrons. The summed E-state index contributed by atoms with van der Waals surface area (Å²) in [6, 6.07) is 0. The summed E-state index contributed by atoms with van der Waals surface area (Å²) in [5, 5.41) is 2.98. The van der Waals surface area contributed by atoms with E-state index in [4.69, 9.17) is 4.74 Å². The molecule has 1 rings (SSSR count). The second-order valence-corrected chi connectivity index (χ2v) is 4.25. The standard InChI is InChI=1S/C12H22N2O2/c1-3-6-13-9-12(15)14(2)7-8-16-10-11-4-5-11/h3,11,13H,1,4-10H2,2H3. The average molecular weight is 226 g/mol. The highest BCUT2D eigenvalue weighted by molar-refractivity contribution is 5.77. The van der Waals surface area contributed by atoms with E-state index >= 15 is 0 Å². The first-order valence-corrected chi connectivity index (χ1v) is 5.87. The summed E-state index contributed by atoms with van der Waals surface area (Å²) in [7, 11) is 1.80. The predicted octanol–water partition coefficient (Wildman–Crippen LogP) is 0.647. The fraction of sp³-hybridized carbons (Fsp3) is 0.750. The molecule has 0 heterocycles. The molecule has 0 aromatic heterocycles. The lowest BCUT2D eigenvalue weighted by molar-refractivity contribution is -0.129. The molecule has 0 aliphatic heterocycles. The number of hydrogen-bond acceptors (Lipinski definition) is 3. The molecule has 0 atom stereocenters. The van der Waals surface area contributed by atoms with Gasteiger partial charge in [0.1, 0.15) is 0 Å². The van der Waals surface area contributed by atoms with E-state index in [1.165, 1.54) is 12.8 Å². The van der Waals surface area contributed by atoms with Crippen molar-refractivity contribution in [3.8, 4) is 0 Å². The molecule has 4 heteroatoms. The largest absolute Gasteiger partial charge is 0.379 e. The van der Waals surface area contributed by atoms with Crippen LogP contribution < -0.4 is 5.32 Å². The molecule has 1 N–H and O–H groups in total. The summed E-state index contributed by atoms with van der Waals surface area (Å²) in [6.45, 7) is 6.77. The van der Waals surface area contributed by atoms with Gasteiger partial charge >= 0.3 is 0 Å². The maximum atomic E-state index is 11.5. The van der Waals surface area contributed by atoms with Gasteiger partial charge in [0, 0.05) is 26.7 Å². The first kappa shape index (κ1) is 13.2. The number of nitrogens with zero attached hydrogens (tertiary/aromatic N) is 1. The van der Waals surface area contributed by atoms with Crippen molar-refractivity contribution in [2.45, 2.75) is 12.8 Å². The fourth-order valence-corrected chi connectivity index (χ4v) is 1.28. The van der Waals surface area contributed by atoms with Crippen molar-refractivity contribution in [1.29, 1.82) is 0 Å². The van der Waals surface area contributed by atoms with Gasteiger partial charge in [-0.1, -0.05) is 6.08 Å². The van der Waals surface area contributed by atoms with Crippen LogP contribution in [0.3, 0.4) is 0 Å². The summed E-state index contributed by atoms with van der Waals surface area (Å²) in [5.74, 6) is 0.882. The first-order valence-electron chi connectivity index (χ1n) is 5.87. The van der Waals surface area contributed by atoms with E-state index < -0.39 is 0 Å². The van der Waals surface area contributed by atoms with Gasteiger partial charge in [-0.15, -0.1) is 6.58 Å². The lowest BCUT2D eigenvalue weighted by Crippen LogP contribution is -2.37. The molecule has 1 amide bonds. The second-order valence-electron chi connectivity index (χ2n) is 4.25. The van der Waals surface area contributed by atoms with Crippen LogP contribution in [0.25, 0.3) is 0 Å². The Labute approximate surface area is 97.6 Å². The summed E-state index contributed by atoms with van der Waals surface area (Å²) >= 11 is 0. The predicted molar refractivity (Wildman–Crippen MR) is 64.2 cm³/mol. The summed E-state index contributed by atoms with van der Waals surface area (Å²) in [5.41, 5.74) is 0. The third-order valence-corrected chi connectivity index (χ3v) is 2.61. The van der Waals surface area contributed by atoms with E-state index in [-0.39, 0.29) is 5.91 Å². The van der Waals surface area contributed by atoms with Crippen LogP contribution in [0.15, 0.2) is 12.7 Å². The smallest absolute Gasteiger partial charge is 0.236 e. The summed E-state index contributed by atoms with van der Waals surface area (Å²) in [6.07, 6.45) is 4.35. The molecule has 1 fully saturated rings. The van der Waals surface area contributed by atoms with Gasteiger partial charge in [0.25, 0.3) is 0 Å². The van der Waals surface area contributed by atoms with Crippen molar-refractivity contribution in [3.63, 3.8) is 0 Å². The molecule has 1 aliphatic rings. The lowest BCUT2D eigenvalue weighted by Gasteiger charge is -2.17. The highest BCUT2D eigenvalue weighted by Crippen LogP contribution is 2.28. The Morgan fingerprint density at radius 1 is 1.62 bits per heavy atom. The molecule has 0 spiro atoms. The highest BCUT2D eigenvalue weighted by Gasteiger charge is 2.21. The quantitative estimate of drug-likeness (QED) is 0.463. The van der Waals surface area contributed by atoms with Crippen molar-refractivity contribution in [3.05, 3.63) is 12.7 Å². The van der Waals surface area contributed by atoms with Gasteiger partial charge in [0.15, 0.2) is 0 Å². The van der Waals surface area contributed by atoms with E-state index in [2.05, 4.69) is 11.9 Å². The normalized spacial score (nSPS) is 14.8. The SMILES string of the molecule is C=CCNCC(=O)N(C)CCOCC1CC1. The van der Waals surface area contributed by atoms with E-state index in [1.54, 1.807) is 18.0 Å². The van der Waals surface area contributed by atoms with E-state index in [9.17, 15) is 4.79 Å². The van der Waals surface area contributed by atoms with Gasteiger partial charge in [0.05, 0.1) is 13.2 Å². The molecule has 4 nitrogen and oxygen atoms in total. The van der Waals surface area contributed by atoms with E-state index in [1.807, 2.05) is 0 Å². The van der Waals surface area contributed by atoms with Gasteiger partial charge in [-0.25, -0.2) is 0 Å². The Kier molecular flexibility index (Phi) is 6.11. The fourth-order valence-electron chi connectivity index (χ4n) is 1.28. The zero-order valence-electron chi connectivity index (χ0n) is 10.1. The average Bonchev–Trinajstić information content (AvgIpc) is 3.08. The van der Waals surface area contributed by atoms with Crippen LogP contribution in [0.2, 0.25) is 0 Å². The highest BCUT2D eigenvalue weighted by atomic mass is 16.5. The Bertz CT molecular complexity index is 227. The van der Waals surface area contributed by atoms with Crippen molar-refractivity contribution >= 4 is 5.91 Å². The maximum absolute atomic E-state index is 11.5. The molecule has 0 saturated heterocycles.